The molecule has 3 N–H and O–H groups in total. The van der Waals surface area contributed by atoms with E-state index in [9.17, 15) is 15.3 Å². The number of anilines is 2. The minimum Gasteiger partial charge on any atom is -0.507 e. The highest BCUT2D eigenvalue weighted by molar-refractivity contribution is 5.97. The number of phenols is 3. The molecule has 10 rings (SSSR count). The van der Waals surface area contributed by atoms with Crippen LogP contribution in [0.25, 0.3) is 55.8 Å². The van der Waals surface area contributed by atoms with Crippen molar-refractivity contribution in [1.29, 1.82) is 0 Å². The van der Waals surface area contributed by atoms with Crippen molar-refractivity contribution in [3.8, 4) is 50.6 Å². The molecule has 1 aliphatic carbocycles. The summed E-state index contributed by atoms with van der Waals surface area (Å²) in [6, 6.07) is 66.6. The van der Waals surface area contributed by atoms with Crippen molar-refractivity contribution >= 4 is 33.8 Å². The first-order valence-electron chi connectivity index (χ1n) is 23.7. The fraction of sp³-hybridized carbons (Fsp3) is 0.0606. The second kappa shape index (κ2) is 19.0. The molecule has 0 fully saturated rings. The Morgan fingerprint density at radius 2 is 1.20 bits per heavy atom. The van der Waals surface area contributed by atoms with Crippen LogP contribution in [0, 0.1) is 6.92 Å². The molecule has 340 valence electrons. The van der Waals surface area contributed by atoms with Crippen LogP contribution in [0.3, 0.4) is 0 Å². The second-order valence-electron chi connectivity index (χ2n) is 17.8. The number of hydrogen-bond acceptors (Lipinski definition) is 4. The van der Waals surface area contributed by atoms with Gasteiger partial charge in [0, 0.05) is 16.9 Å². The summed E-state index contributed by atoms with van der Waals surface area (Å²) in [6.45, 7) is 10.1. The number of aromatic hydroxyl groups is 3. The van der Waals surface area contributed by atoms with Crippen molar-refractivity contribution in [3.05, 3.63) is 282 Å². The van der Waals surface area contributed by atoms with Crippen LogP contribution in [0.15, 0.2) is 243 Å². The van der Waals surface area contributed by atoms with Gasteiger partial charge in [-0.15, -0.1) is 0 Å². The molecule has 4 heteroatoms. The average molecular weight is 908 g/mol. The van der Waals surface area contributed by atoms with Crippen LogP contribution in [0.2, 0.25) is 0 Å². The summed E-state index contributed by atoms with van der Waals surface area (Å²) in [5, 5.41) is 39.5. The van der Waals surface area contributed by atoms with Gasteiger partial charge in [-0.2, -0.15) is 0 Å². The van der Waals surface area contributed by atoms with Gasteiger partial charge in [0.2, 0.25) is 0 Å². The first-order chi connectivity index (χ1) is 34.2. The predicted molar refractivity (Wildman–Crippen MR) is 293 cm³/mol. The second-order valence-corrected chi connectivity index (χ2v) is 17.8. The third-order valence-corrected chi connectivity index (χ3v) is 13.6. The van der Waals surface area contributed by atoms with Crippen LogP contribution in [0.4, 0.5) is 11.4 Å². The third kappa shape index (κ3) is 7.89. The van der Waals surface area contributed by atoms with E-state index >= 15 is 0 Å². The SMILES string of the molecule is C=C(/C=C\C=C(/C)N(c1ccc2c(c1)C(c1ccccc1)(c1ccccc1)c1ccccc1-2)c1c(C)c(O)c(-c2cccc(-c3cc(/C=C\C=C/C)c4ccccc4c3)c2)c(O)c1O)c1ccccc1. The maximum atomic E-state index is 12.6. The fourth-order valence-corrected chi connectivity index (χ4v) is 10.3. The smallest absolute Gasteiger partial charge is 0.183 e. The van der Waals surface area contributed by atoms with E-state index in [2.05, 4.69) is 128 Å². The highest BCUT2D eigenvalue weighted by atomic mass is 16.3. The predicted octanol–water partition coefficient (Wildman–Crippen LogP) is 16.9. The zero-order chi connectivity index (χ0) is 48.4. The molecule has 0 radical (unpaired) electrons. The van der Waals surface area contributed by atoms with Gasteiger partial charge in [0.05, 0.1) is 16.7 Å². The Kier molecular flexibility index (Phi) is 12.2. The van der Waals surface area contributed by atoms with E-state index in [1.54, 1.807) is 6.92 Å². The number of benzene rings is 9. The van der Waals surface area contributed by atoms with Gasteiger partial charge < -0.3 is 20.2 Å². The van der Waals surface area contributed by atoms with Gasteiger partial charge in [0.25, 0.3) is 0 Å². The summed E-state index contributed by atoms with van der Waals surface area (Å²) in [5.41, 5.74) is 13.6. The molecule has 0 saturated heterocycles. The van der Waals surface area contributed by atoms with Gasteiger partial charge >= 0.3 is 0 Å². The van der Waals surface area contributed by atoms with Crippen LogP contribution in [0.1, 0.15) is 52.8 Å². The maximum Gasteiger partial charge on any atom is 0.183 e. The van der Waals surface area contributed by atoms with Crippen molar-refractivity contribution in [1.82, 2.24) is 0 Å². The van der Waals surface area contributed by atoms with E-state index in [1.165, 1.54) is 5.56 Å². The first kappa shape index (κ1) is 44.9. The standard InChI is InChI=1S/C66H53NO3/c1-5-6-10-27-49-41-52(42-50-28-17-18-35-56(49)50)48-29-22-30-51(40-48)61-63(68)46(4)62(65(70)64(61)69)67(45(3)24-21-23-44(2)47-25-11-7-12-26-47)55-38-39-58-57-36-19-20-37-59(57)66(60(58)43-55,53-31-13-8-14-32-53)54-33-15-9-16-34-54/h5-43,68-70H,2H2,1,3-4H3/b6-5-,23-21-,27-10-,45-24+. The molecule has 0 aliphatic heterocycles. The van der Waals surface area contributed by atoms with E-state index in [1.807, 2.05) is 134 Å². The molecule has 0 amide bonds. The molecule has 0 atom stereocenters. The van der Waals surface area contributed by atoms with Gasteiger partial charge in [0.1, 0.15) is 5.75 Å². The van der Waals surface area contributed by atoms with E-state index in [-0.39, 0.29) is 22.7 Å². The summed E-state index contributed by atoms with van der Waals surface area (Å²) in [7, 11) is 0. The molecule has 0 unspecified atom stereocenters. The van der Waals surface area contributed by atoms with Crippen LogP contribution < -0.4 is 4.90 Å². The lowest BCUT2D eigenvalue weighted by atomic mass is 9.67. The van der Waals surface area contributed by atoms with Crippen molar-refractivity contribution < 1.29 is 15.3 Å². The van der Waals surface area contributed by atoms with Gasteiger partial charge in [-0.1, -0.05) is 207 Å². The number of phenolic OH excluding ortho intramolecular Hbond substituents is 3. The molecule has 4 nitrogen and oxygen atoms in total. The minimum absolute atomic E-state index is 0.141. The van der Waals surface area contributed by atoms with Crippen molar-refractivity contribution in [2.45, 2.75) is 26.2 Å². The lowest BCUT2D eigenvalue weighted by Crippen LogP contribution is -2.29. The monoisotopic (exact) mass is 907 g/mol. The lowest BCUT2D eigenvalue weighted by molar-refractivity contribution is 0.398. The van der Waals surface area contributed by atoms with E-state index in [0.29, 0.717) is 11.1 Å². The summed E-state index contributed by atoms with van der Waals surface area (Å²) in [5.74, 6) is -0.923. The summed E-state index contributed by atoms with van der Waals surface area (Å²) in [4.78, 5) is 1.93. The molecule has 0 heterocycles. The zero-order valence-electron chi connectivity index (χ0n) is 39.5. The molecule has 0 saturated carbocycles. The Morgan fingerprint density at radius 1 is 0.557 bits per heavy atom. The van der Waals surface area contributed by atoms with Crippen LogP contribution in [-0.4, -0.2) is 15.3 Å². The maximum absolute atomic E-state index is 12.6. The molecular weight excluding hydrogens is 855 g/mol. The molecule has 9 aromatic rings. The molecule has 1 aliphatic rings. The summed E-state index contributed by atoms with van der Waals surface area (Å²) >= 11 is 0. The number of nitrogens with zero attached hydrogens (tertiary/aromatic N) is 1. The van der Waals surface area contributed by atoms with Gasteiger partial charge in [-0.05, 0) is 135 Å². The molecule has 9 aromatic carbocycles. The van der Waals surface area contributed by atoms with Crippen molar-refractivity contribution in [3.63, 3.8) is 0 Å². The van der Waals surface area contributed by atoms with E-state index < -0.39 is 11.2 Å². The summed E-state index contributed by atoms with van der Waals surface area (Å²) < 4.78 is 0. The topological polar surface area (TPSA) is 63.9 Å². The van der Waals surface area contributed by atoms with Gasteiger partial charge in [-0.25, -0.2) is 0 Å². The van der Waals surface area contributed by atoms with Crippen LogP contribution in [0.5, 0.6) is 17.2 Å². The van der Waals surface area contributed by atoms with Crippen LogP contribution >= 0.6 is 0 Å². The summed E-state index contributed by atoms with van der Waals surface area (Å²) in [6.07, 6.45) is 14.0. The highest BCUT2D eigenvalue weighted by Crippen LogP contribution is 2.59. The normalized spacial score (nSPS) is 13.0. The Morgan fingerprint density at radius 3 is 1.93 bits per heavy atom. The van der Waals surface area contributed by atoms with Gasteiger partial charge in [0.15, 0.2) is 11.5 Å². The van der Waals surface area contributed by atoms with Crippen molar-refractivity contribution in [2.24, 2.45) is 0 Å². The molecule has 70 heavy (non-hydrogen) atoms. The van der Waals surface area contributed by atoms with Gasteiger partial charge in [-0.3, -0.25) is 0 Å². The van der Waals surface area contributed by atoms with Crippen molar-refractivity contribution in [2.75, 3.05) is 4.90 Å². The average Bonchev–Trinajstić information content (AvgIpc) is 3.70. The Balaban J connectivity index is 1.15. The zero-order valence-corrected chi connectivity index (χ0v) is 39.5. The Labute approximate surface area is 410 Å². The molecule has 0 spiro atoms. The number of allylic oxidation sites excluding steroid dienone is 8. The Hall–Kier alpha value is -8.86. The quantitative estimate of drug-likeness (QED) is 0.0649. The Bertz CT molecular complexity index is 3490. The first-order valence-corrected chi connectivity index (χ1v) is 23.7. The van der Waals surface area contributed by atoms with E-state index in [0.717, 1.165) is 77.8 Å². The fourth-order valence-electron chi connectivity index (χ4n) is 10.3. The molecule has 0 aromatic heterocycles. The largest absolute Gasteiger partial charge is 0.507 e. The minimum atomic E-state index is -0.689. The van der Waals surface area contributed by atoms with Crippen LogP contribution in [-0.2, 0) is 5.41 Å². The number of hydrogen-bond donors (Lipinski definition) is 3. The number of fused-ring (bicyclic) bond motifs is 4. The third-order valence-electron chi connectivity index (χ3n) is 13.6. The highest BCUT2D eigenvalue weighted by Gasteiger charge is 2.46. The molecule has 0 bridgehead atoms. The number of rotatable bonds is 12. The van der Waals surface area contributed by atoms with E-state index in [4.69, 9.17) is 0 Å². The molecular formula is C66H53NO3. The lowest BCUT2D eigenvalue weighted by Gasteiger charge is -2.35.